The minimum Gasteiger partial charge on any atom is -0.493 e. The Kier molecular flexibility index (Phi) is 7.12. The summed E-state index contributed by atoms with van der Waals surface area (Å²) in [6.07, 6.45) is 1.70. The van der Waals surface area contributed by atoms with Gasteiger partial charge in [0.25, 0.3) is 0 Å². The Morgan fingerprint density at radius 2 is 1.95 bits per heavy atom. The predicted octanol–water partition coefficient (Wildman–Crippen LogP) is 2.26. The van der Waals surface area contributed by atoms with Gasteiger partial charge in [0.2, 0.25) is 10.0 Å². The first kappa shape index (κ1) is 19.2. The maximum Gasteiger partial charge on any atom is 0.243 e. The molecule has 0 aliphatic carbocycles. The second-order valence-electron chi connectivity index (χ2n) is 5.94. The summed E-state index contributed by atoms with van der Waals surface area (Å²) in [5.74, 6) is 1.13. The molecule has 1 atom stereocenters. The van der Waals surface area contributed by atoms with E-state index in [9.17, 15) is 8.42 Å². The summed E-state index contributed by atoms with van der Waals surface area (Å²) < 4.78 is 32.1. The average Bonchev–Trinajstić information content (AvgIpc) is 2.45. The Morgan fingerprint density at radius 3 is 2.50 bits per heavy atom. The molecular formula is C15H25ClN2O3S. The fourth-order valence-corrected chi connectivity index (χ4v) is 3.85. The van der Waals surface area contributed by atoms with Gasteiger partial charge >= 0.3 is 0 Å². The van der Waals surface area contributed by atoms with E-state index >= 15 is 0 Å². The molecule has 1 aromatic rings. The maximum absolute atomic E-state index is 12.5. The van der Waals surface area contributed by atoms with Crippen molar-refractivity contribution < 1.29 is 13.2 Å². The van der Waals surface area contributed by atoms with E-state index in [0.29, 0.717) is 36.3 Å². The number of piperidine rings is 1. The van der Waals surface area contributed by atoms with Gasteiger partial charge in [-0.15, -0.1) is 12.4 Å². The molecule has 0 radical (unpaired) electrons. The number of hydrogen-bond acceptors (Lipinski definition) is 4. The summed E-state index contributed by atoms with van der Waals surface area (Å²) in [6, 6.07) is 6.55. The van der Waals surface area contributed by atoms with Crippen molar-refractivity contribution in [1.29, 1.82) is 0 Å². The molecule has 1 saturated heterocycles. The highest BCUT2D eigenvalue weighted by atomic mass is 35.5. The van der Waals surface area contributed by atoms with Crippen LogP contribution in [0.1, 0.15) is 26.7 Å². The van der Waals surface area contributed by atoms with E-state index in [1.807, 2.05) is 0 Å². The molecule has 0 amide bonds. The molecule has 2 rings (SSSR count). The van der Waals surface area contributed by atoms with Crippen LogP contribution in [-0.4, -0.2) is 38.5 Å². The Hall–Kier alpha value is -0.820. The lowest BCUT2D eigenvalue weighted by Gasteiger charge is -2.29. The van der Waals surface area contributed by atoms with Crippen molar-refractivity contribution in [3.05, 3.63) is 24.3 Å². The minimum atomic E-state index is -3.45. The van der Waals surface area contributed by atoms with Crippen molar-refractivity contribution in [2.24, 2.45) is 11.7 Å². The summed E-state index contributed by atoms with van der Waals surface area (Å²) in [6.45, 7) is 5.69. The molecule has 0 bridgehead atoms. The quantitative estimate of drug-likeness (QED) is 0.885. The molecule has 0 aromatic heterocycles. The minimum absolute atomic E-state index is 0. The monoisotopic (exact) mass is 348 g/mol. The van der Waals surface area contributed by atoms with Crippen LogP contribution >= 0.6 is 12.4 Å². The van der Waals surface area contributed by atoms with Crippen LogP contribution in [0, 0.1) is 5.92 Å². The van der Waals surface area contributed by atoms with Crippen molar-refractivity contribution in [3.63, 3.8) is 0 Å². The molecule has 22 heavy (non-hydrogen) atoms. The van der Waals surface area contributed by atoms with E-state index < -0.39 is 10.0 Å². The number of rotatable bonds is 5. The first-order valence-electron chi connectivity index (χ1n) is 7.38. The van der Waals surface area contributed by atoms with Gasteiger partial charge in [-0.25, -0.2) is 8.42 Å². The summed E-state index contributed by atoms with van der Waals surface area (Å²) in [4.78, 5) is 0.300. The lowest BCUT2D eigenvalue weighted by Crippen LogP contribution is -2.45. The Bertz CT molecular complexity index is 561. The number of nitrogens with two attached hydrogens (primary N) is 1. The Morgan fingerprint density at radius 1 is 1.32 bits per heavy atom. The molecule has 1 aliphatic heterocycles. The first-order chi connectivity index (χ1) is 9.89. The van der Waals surface area contributed by atoms with Crippen molar-refractivity contribution >= 4 is 22.4 Å². The van der Waals surface area contributed by atoms with Gasteiger partial charge in [0, 0.05) is 19.1 Å². The van der Waals surface area contributed by atoms with Gasteiger partial charge in [-0.05, 0) is 43.0 Å². The van der Waals surface area contributed by atoms with Crippen LogP contribution in [0.25, 0.3) is 0 Å². The van der Waals surface area contributed by atoms with E-state index in [2.05, 4.69) is 13.8 Å². The number of hydrogen-bond donors (Lipinski definition) is 1. The first-order valence-corrected chi connectivity index (χ1v) is 8.82. The molecule has 7 heteroatoms. The lowest BCUT2D eigenvalue weighted by atomic mass is 10.1. The summed E-state index contributed by atoms with van der Waals surface area (Å²) in [7, 11) is -3.45. The van der Waals surface area contributed by atoms with Crippen LogP contribution in [0.4, 0.5) is 0 Å². The molecule has 1 fully saturated rings. The zero-order valence-corrected chi connectivity index (χ0v) is 14.7. The fourth-order valence-electron chi connectivity index (χ4n) is 2.31. The topological polar surface area (TPSA) is 72.6 Å². The van der Waals surface area contributed by atoms with Crippen LogP contribution < -0.4 is 10.5 Å². The zero-order chi connectivity index (χ0) is 15.5. The van der Waals surface area contributed by atoms with E-state index in [4.69, 9.17) is 10.5 Å². The third-order valence-electron chi connectivity index (χ3n) is 3.47. The van der Waals surface area contributed by atoms with Crippen molar-refractivity contribution in [2.45, 2.75) is 37.6 Å². The van der Waals surface area contributed by atoms with Gasteiger partial charge in [-0.2, -0.15) is 4.31 Å². The van der Waals surface area contributed by atoms with Crippen molar-refractivity contribution in [2.75, 3.05) is 19.7 Å². The molecule has 0 spiro atoms. The van der Waals surface area contributed by atoms with Crippen LogP contribution in [0.3, 0.4) is 0 Å². The molecule has 1 aliphatic rings. The molecule has 1 heterocycles. The van der Waals surface area contributed by atoms with E-state index in [0.717, 1.165) is 12.8 Å². The molecule has 126 valence electrons. The van der Waals surface area contributed by atoms with Gasteiger partial charge in [0.1, 0.15) is 5.75 Å². The number of benzene rings is 1. The number of halogens is 1. The van der Waals surface area contributed by atoms with Crippen LogP contribution in [0.2, 0.25) is 0 Å². The van der Waals surface area contributed by atoms with Gasteiger partial charge in [-0.1, -0.05) is 13.8 Å². The summed E-state index contributed by atoms with van der Waals surface area (Å²) in [5, 5.41) is 0. The molecule has 1 aromatic carbocycles. The number of nitrogens with zero attached hydrogens (tertiary/aromatic N) is 1. The maximum atomic E-state index is 12.5. The van der Waals surface area contributed by atoms with Crippen LogP contribution in [0.15, 0.2) is 29.2 Å². The SMILES string of the molecule is CC(C)COc1ccc(S(=O)(=O)N2CCCC(N)C2)cc1.Cl. The average molecular weight is 349 g/mol. The Balaban J connectivity index is 0.00000242. The largest absolute Gasteiger partial charge is 0.493 e. The van der Waals surface area contributed by atoms with Crippen molar-refractivity contribution in [3.8, 4) is 5.75 Å². The highest BCUT2D eigenvalue weighted by Gasteiger charge is 2.28. The normalized spacial score (nSPS) is 19.7. The third kappa shape index (κ3) is 4.84. The number of sulfonamides is 1. The van der Waals surface area contributed by atoms with Gasteiger partial charge in [-0.3, -0.25) is 0 Å². The smallest absolute Gasteiger partial charge is 0.243 e. The summed E-state index contributed by atoms with van der Waals surface area (Å²) in [5.41, 5.74) is 5.87. The van der Waals surface area contributed by atoms with E-state index in [1.54, 1.807) is 24.3 Å². The number of ether oxygens (including phenoxy) is 1. The van der Waals surface area contributed by atoms with Gasteiger partial charge < -0.3 is 10.5 Å². The molecule has 1 unspecified atom stereocenters. The molecule has 5 nitrogen and oxygen atoms in total. The lowest BCUT2D eigenvalue weighted by molar-refractivity contribution is 0.271. The highest BCUT2D eigenvalue weighted by molar-refractivity contribution is 7.89. The second-order valence-corrected chi connectivity index (χ2v) is 7.88. The van der Waals surface area contributed by atoms with E-state index in [-0.39, 0.29) is 18.4 Å². The van der Waals surface area contributed by atoms with Crippen molar-refractivity contribution in [1.82, 2.24) is 4.31 Å². The molecule has 0 saturated carbocycles. The third-order valence-corrected chi connectivity index (χ3v) is 5.34. The highest BCUT2D eigenvalue weighted by Crippen LogP contribution is 2.22. The summed E-state index contributed by atoms with van der Waals surface area (Å²) >= 11 is 0. The molecular weight excluding hydrogens is 324 g/mol. The van der Waals surface area contributed by atoms with Gasteiger partial charge in [0.05, 0.1) is 11.5 Å². The Labute approximate surface area is 139 Å². The molecule has 2 N–H and O–H groups in total. The zero-order valence-electron chi connectivity index (χ0n) is 13.1. The second kappa shape index (κ2) is 8.15. The predicted molar refractivity (Wildman–Crippen MR) is 90.0 cm³/mol. The van der Waals surface area contributed by atoms with Crippen LogP contribution in [-0.2, 0) is 10.0 Å². The van der Waals surface area contributed by atoms with Crippen LogP contribution in [0.5, 0.6) is 5.75 Å². The fraction of sp³-hybridized carbons (Fsp3) is 0.600. The van der Waals surface area contributed by atoms with Gasteiger partial charge in [0.15, 0.2) is 0 Å². The van der Waals surface area contributed by atoms with E-state index in [1.165, 1.54) is 4.31 Å². The standard InChI is InChI=1S/C15H24N2O3S.ClH/c1-12(2)11-20-14-5-7-15(8-6-14)21(18,19)17-9-3-4-13(16)10-17;/h5-8,12-13H,3-4,9-11,16H2,1-2H3;1H.